The number of hydrogen-bond acceptors (Lipinski definition) is 4. The molecule has 4 nitrogen and oxygen atoms in total. The van der Waals surface area contributed by atoms with Crippen molar-refractivity contribution in [1.29, 1.82) is 0 Å². The second kappa shape index (κ2) is 7.03. The maximum absolute atomic E-state index is 12.8. The summed E-state index contributed by atoms with van der Waals surface area (Å²) in [7, 11) is 0. The molecule has 0 radical (unpaired) electrons. The van der Waals surface area contributed by atoms with Crippen LogP contribution in [0.1, 0.15) is 21.7 Å². The van der Waals surface area contributed by atoms with Crippen LogP contribution in [0, 0.1) is 12.8 Å². The van der Waals surface area contributed by atoms with Crippen molar-refractivity contribution in [3.63, 3.8) is 0 Å². The fourth-order valence-corrected chi connectivity index (χ4v) is 3.71. The van der Waals surface area contributed by atoms with Crippen molar-refractivity contribution in [2.75, 3.05) is 13.1 Å². The molecule has 1 aliphatic heterocycles. The van der Waals surface area contributed by atoms with Gasteiger partial charge in [-0.1, -0.05) is 0 Å². The van der Waals surface area contributed by atoms with Crippen LogP contribution in [0.4, 0.5) is 0 Å². The first-order valence-corrected chi connectivity index (χ1v) is 8.48. The van der Waals surface area contributed by atoms with Gasteiger partial charge in [0.25, 0.3) is 0 Å². The highest BCUT2D eigenvalue weighted by molar-refractivity contribution is 7.11. The van der Waals surface area contributed by atoms with Gasteiger partial charge >= 0.3 is 0 Å². The molecule has 2 aromatic rings. The minimum Gasteiger partial charge on any atom is -0.333 e. The molecular formula is C17H21N3OS. The van der Waals surface area contributed by atoms with E-state index in [4.69, 9.17) is 0 Å². The number of nitrogens with one attached hydrogen (secondary N) is 1. The Bertz CT molecular complexity index is 620. The predicted octanol–water partition coefficient (Wildman–Crippen LogP) is 2.59. The number of carbonyl (C=O) groups excluding carboxylic acids is 1. The highest BCUT2D eigenvalue weighted by Gasteiger charge is 2.27. The van der Waals surface area contributed by atoms with Crippen LogP contribution in [0.15, 0.2) is 36.7 Å². The number of amides is 1. The van der Waals surface area contributed by atoms with Crippen molar-refractivity contribution in [2.45, 2.75) is 26.4 Å². The van der Waals surface area contributed by atoms with Crippen molar-refractivity contribution >= 4 is 17.2 Å². The Kier molecular flexibility index (Phi) is 4.85. The van der Waals surface area contributed by atoms with Crippen LogP contribution in [0.25, 0.3) is 0 Å². The van der Waals surface area contributed by atoms with Gasteiger partial charge in [-0.3, -0.25) is 9.78 Å². The third-order valence-corrected chi connectivity index (χ3v) is 4.97. The summed E-state index contributed by atoms with van der Waals surface area (Å²) in [5.74, 6) is 0.371. The smallest absolute Gasteiger partial charge is 0.227 e. The summed E-state index contributed by atoms with van der Waals surface area (Å²) in [4.78, 5) is 21.4. The topological polar surface area (TPSA) is 45.2 Å². The lowest BCUT2D eigenvalue weighted by Gasteiger charge is -2.25. The average molecular weight is 315 g/mol. The lowest BCUT2D eigenvalue weighted by molar-refractivity contribution is -0.136. The summed E-state index contributed by atoms with van der Waals surface area (Å²) in [6, 6.07) is 8.20. The van der Waals surface area contributed by atoms with E-state index >= 15 is 0 Å². The Hall–Kier alpha value is -1.72. The Morgan fingerprint density at radius 3 is 2.77 bits per heavy atom. The van der Waals surface area contributed by atoms with E-state index in [1.165, 1.54) is 9.75 Å². The minimum absolute atomic E-state index is 0.114. The van der Waals surface area contributed by atoms with Gasteiger partial charge in [-0.25, -0.2) is 0 Å². The van der Waals surface area contributed by atoms with Crippen molar-refractivity contribution in [3.05, 3.63) is 52.0 Å². The Morgan fingerprint density at radius 1 is 1.32 bits per heavy atom. The van der Waals surface area contributed by atoms with E-state index in [0.717, 1.165) is 25.1 Å². The van der Waals surface area contributed by atoms with Crippen LogP contribution >= 0.6 is 11.3 Å². The summed E-state index contributed by atoms with van der Waals surface area (Å²) >= 11 is 1.76. The third-order valence-electron chi connectivity index (χ3n) is 3.99. The molecule has 1 N–H and O–H groups in total. The lowest BCUT2D eigenvalue weighted by atomic mass is 10.1. The molecule has 0 aliphatic carbocycles. The molecule has 22 heavy (non-hydrogen) atoms. The highest BCUT2D eigenvalue weighted by Crippen LogP contribution is 2.21. The summed E-state index contributed by atoms with van der Waals surface area (Å²) in [5, 5.41) is 3.29. The molecule has 1 atom stereocenters. The molecule has 2 aromatic heterocycles. The monoisotopic (exact) mass is 315 g/mol. The molecule has 1 amide bonds. The van der Waals surface area contributed by atoms with E-state index in [2.05, 4.69) is 29.4 Å². The van der Waals surface area contributed by atoms with E-state index in [1.54, 1.807) is 23.7 Å². The van der Waals surface area contributed by atoms with Gasteiger partial charge in [0, 0.05) is 35.2 Å². The molecule has 1 fully saturated rings. The molecule has 1 unspecified atom stereocenters. The number of nitrogens with zero attached hydrogens (tertiary/aromatic N) is 2. The number of rotatable bonds is 5. The normalized spacial score (nSPS) is 17.6. The molecule has 0 spiro atoms. The van der Waals surface area contributed by atoms with Crippen LogP contribution < -0.4 is 5.32 Å². The average Bonchev–Trinajstić information content (AvgIpc) is 3.19. The second-order valence-electron chi connectivity index (χ2n) is 5.75. The number of carbonyl (C=O) groups is 1. The molecule has 3 rings (SSSR count). The van der Waals surface area contributed by atoms with Crippen LogP contribution in [0.3, 0.4) is 0 Å². The van der Waals surface area contributed by atoms with Crippen molar-refractivity contribution < 1.29 is 4.79 Å². The molecule has 0 bridgehead atoms. The van der Waals surface area contributed by atoms with E-state index in [9.17, 15) is 4.79 Å². The number of thiophene rings is 1. The fourth-order valence-electron chi connectivity index (χ4n) is 2.80. The number of aromatic nitrogens is 1. The van der Waals surface area contributed by atoms with Gasteiger partial charge < -0.3 is 10.2 Å². The maximum Gasteiger partial charge on any atom is 0.227 e. The van der Waals surface area contributed by atoms with Gasteiger partial charge in [0.15, 0.2) is 0 Å². The second-order valence-corrected chi connectivity index (χ2v) is 7.12. The van der Waals surface area contributed by atoms with Crippen molar-refractivity contribution in [3.8, 4) is 0 Å². The number of aryl methyl sites for hydroxylation is 1. The van der Waals surface area contributed by atoms with Gasteiger partial charge in [0.1, 0.15) is 0 Å². The van der Waals surface area contributed by atoms with Crippen LogP contribution in [-0.2, 0) is 17.9 Å². The van der Waals surface area contributed by atoms with E-state index in [1.807, 2.05) is 17.0 Å². The molecule has 0 saturated carbocycles. The number of pyridine rings is 1. The first-order chi connectivity index (χ1) is 10.7. The van der Waals surface area contributed by atoms with Gasteiger partial charge in [-0.15, -0.1) is 11.3 Å². The molecule has 0 aromatic carbocycles. The zero-order valence-electron chi connectivity index (χ0n) is 12.8. The van der Waals surface area contributed by atoms with E-state index < -0.39 is 0 Å². The maximum atomic E-state index is 12.8. The largest absolute Gasteiger partial charge is 0.333 e. The molecule has 1 aliphatic rings. The molecule has 3 heterocycles. The predicted molar refractivity (Wildman–Crippen MR) is 88.5 cm³/mol. The quantitative estimate of drug-likeness (QED) is 0.922. The summed E-state index contributed by atoms with van der Waals surface area (Å²) in [6.07, 6.45) is 4.50. The fraction of sp³-hybridized carbons (Fsp3) is 0.412. The van der Waals surface area contributed by atoms with Crippen LogP contribution in [0.5, 0.6) is 0 Å². The first kappa shape index (κ1) is 15.2. The summed E-state index contributed by atoms with van der Waals surface area (Å²) in [5.41, 5.74) is 1.13. The molecular weight excluding hydrogens is 294 g/mol. The van der Waals surface area contributed by atoms with Crippen LogP contribution in [-0.4, -0.2) is 28.9 Å². The Balaban J connectivity index is 1.76. The van der Waals surface area contributed by atoms with E-state index in [-0.39, 0.29) is 11.8 Å². The van der Waals surface area contributed by atoms with E-state index in [0.29, 0.717) is 13.1 Å². The van der Waals surface area contributed by atoms with Crippen molar-refractivity contribution in [2.24, 2.45) is 5.92 Å². The SMILES string of the molecule is Cc1ccc(CN(Cc2ccncc2)C(=O)C2CCNC2)s1. The number of hydrogen-bond donors (Lipinski definition) is 1. The van der Waals surface area contributed by atoms with Gasteiger partial charge in [0.2, 0.25) is 5.91 Å². The minimum atomic E-state index is 0.114. The summed E-state index contributed by atoms with van der Waals surface area (Å²) < 4.78 is 0. The lowest BCUT2D eigenvalue weighted by Crippen LogP contribution is -2.36. The zero-order chi connectivity index (χ0) is 15.4. The van der Waals surface area contributed by atoms with Gasteiger partial charge in [-0.05, 0) is 49.7 Å². The zero-order valence-corrected chi connectivity index (χ0v) is 13.6. The molecule has 1 saturated heterocycles. The summed E-state index contributed by atoms with van der Waals surface area (Å²) in [6.45, 7) is 5.18. The molecule has 116 valence electrons. The van der Waals surface area contributed by atoms with Gasteiger partial charge in [0.05, 0.1) is 12.5 Å². The first-order valence-electron chi connectivity index (χ1n) is 7.66. The molecule has 5 heteroatoms. The third kappa shape index (κ3) is 3.72. The Morgan fingerprint density at radius 2 is 2.14 bits per heavy atom. The van der Waals surface area contributed by atoms with Crippen molar-refractivity contribution in [1.82, 2.24) is 15.2 Å². The van der Waals surface area contributed by atoms with Gasteiger partial charge in [-0.2, -0.15) is 0 Å². The highest BCUT2D eigenvalue weighted by atomic mass is 32.1. The van der Waals surface area contributed by atoms with Crippen LogP contribution in [0.2, 0.25) is 0 Å². The Labute approximate surface area is 135 Å². The standard InChI is InChI=1S/C17H21N3OS/c1-13-2-3-16(22-13)12-20(11-14-4-7-18-8-5-14)17(21)15-6-9-19-10-15/h2-5,7-8,15,19H,6,9-12H2,1H3.